The Bertz CT molecular complexity index is 759. The van der Waals surface area contributed by atoms with E-state index in [4.69, 9.17) is 21.1 Å². The number of hydrogen-bond donors (Lipinski definition) is 1. The Morgan fingerprint density at radius 1 is 1.21 bits per heavy atom. The zero-order chi connectivity index (χ0) is 18.0. The van der Waals surface area contributed by atoms with Crippen LogP contribution in [-0.4, -0.2) is 66.7 Å². The molecule has 1 aromatic rings. The molecule has 1 N–H and O–H groups in total. The number of nitrogens with one attached hydrogen (secondary N) is 1. The number of ether oxygens (including phenoxy) is 2. The van der Waals surface area contributed by atoms with E-state index in [1.54, 1.807) is 0 Å². The summed E-state index contributed by atoms with van der Waals surface area (Å²) in [6.45, 7) is 0.180. The third-order valence-electron chi connectivity index (χ3n) is 3.91. The van der Waals surface area contributed by atoms with Crippen LogP contribution >= 0.6 is 11.6 Å². The van der Waals surface area contributed by atoms with Crippen molar-refractivity contribution in [3.63, 3.8) is 0 Å². The quantitative estimate of drug-likeness (QED) is 0.668. The summed E-state index contributed by atoms with van der Waals surface area (Å²) in [5.41, 5.74) is 0. The standard InChI is InChI=1S/C14H20ClNO6S2/c1-21-14(22-2)7-16-12-8-23(17,18)9-13(12)24(19,20)11-5-3-10(15)4-6-11/h3-6,12-14,16H,7-9H2,1-2H3/t12-,13-/m1/s1. The van der Waals surface area contributed by atoms with E-state index >= 15 is 0 Å². The predicted molar refractivity (Wildman–Crippen MR) is 90.7 cm³/mol. The molecule has 0 aromatic heterocycles. The monoisotopic (exact) mass is 397 g/mol. The van der Waals surface area contributed by atoms with Crippen molar-refractivity contribution in [1.29, 1.82) is 0 Å². The van der Waals surface area contributed by atoms with Gasteiger partial charge >= 0.3 is 0 Å². The van der Waals surface area contributed by atoms with Crippen molar-refractivity contribution in [2.24, 2.45) is 0 Å². The van der Waals surface area contributed by atoms with Gasteiger partial charge in [0.25, 0.3) is 0 Å². The van der Waals surface area contributed by atoms with Crippen molar-refractivity contribution in [2.45, 2.75) is 22.5 Å². The number of halogens is 1. The van der Waals surface area contributed by atoms with E-state index in [0.717, 1.165) is 0 Å². The molecule has 1 saturated heterocycles. The van der Waals surface area contributed by atoms with E-state index in [-0.39, 0.29) is 17.2 Å². The van der Waals surface area contributed by atoms with Crippen molar-refractivity contribution in [3.05, 3.63) is 29.3 Å². The van der Waals surface area contributed by atoms with Gasteiger partial charge in [0.1, 0.15) is 0 Å². The topological polar surface area (TPSA) is 98.8 Å². The highest BCUT2D eigenvalue weighted by atomic mass is 35.5. The summed E-state index contributed by atoms with van der Waals surface area (Å²) in [7, 11) is -4.38. The Labute approximate surface area is 147 Å². The van der Waals surface area contributed by atoms with Gasteiger partial charge in [0.05, 0.1) is 21.7 Å². The third-order valence-corrected chi connectivity index (χ3v) is 8.33. The second-order valence-electron chi connectivity index (χ2n) is 5.53. The van der Waals surface area contributed by atoms with Crippen molar-refractivity contribution in [1.82, 2.24) is 5.32 Å². The second-order valence-corrected chi connectivity index (χ2v) is 10.3. The van der Waals surface area contributed by atoms with E-state index in [2.05, 4.69) is 5.32 Å². The van der Waals surface area contributed by atoms with E-state index < -0.39 is 43.0 Å². The van der Waals surface area contributed by atoms with Gasteiger partial charge in [0.2, 0.25) is 0 Å². The van der Waals surface area contributed by atoms with Gasteiger partial charge in [-0.05, 0) is 24.3 Å². The largest absolute Gasteiger partial charge is 0.355 e. The van der Waals surface area contributed by atoms with Crippen LogP contribution in [-0.2, 0) is 29.1 Å². The molecule has 136 valence electrons. The van der Waals surface area contributed by atoms with E-state index in [0.29, 0.717) is 5.02 Å². The molecule has 1 heterocycles. The fourth-order valence-electron chi connectivity index (χ4n) is 2.62. The summed E-state index contributed by atoms with van der Waals surface area (Å²) >= 11 is 5.78. The lowest BCUT2D eigenvalue weighted by Crippen LogP contribution is -2.46. The average molecular weight is 398 g/mol. The minimum absolute atomic E-state index is 0.0517. The predicted octanol–water partition coefficient (Wildman–Crippen LogP) is 0.488. The third kappa shape index (κ3) is 4.47. The smallest absolute Gasteiger partial charge is 0.183 e. The Morgan fingerprint density at radius 3 is 2.33 bits per heavy atom. The van der Waals surface area contributed by atoms with Crippen molar-refractivity contribution < 1.29 is 26.3 Å². The molecule has 0 spiro atoms. The minimum atomic E-state index is -3.82. The highest BCUT2D eigenvalue weighted by molar-refractivity contribution is 7.96. The molecule has 0 bridgehead atoms. The van der Waals surface area contributed by atoms with Crippen LogP contribution in [0.5, 0.6) is 0 Å². The summed E-state index contributed by atoms with van der Waals surface area (Å²) in [4.78, 5) is 0.0517. The zero-order valence-corrected chi connectivity index (χ0v) is 15.7. The maximum Gasteiger partial charge on any atom is 0.183 e. The maximum absolute atomic E-state index is 12.8. The molecule has 1 fully saturated rings. The fourth-order valence-corrected chi connectivity index (χ4v) is 7.46. The van der Waals surface area contributed by atoms with E-state index in [1.807, 2.05) is 0 Å². The van der Waals surface area contributed by atoms with Crippen LogP contribution in [0.1, 0.15) is 0 Å². The van der Waals surface area contributed by atoms with Crippen LogP contribution in [0.25, 0.3) is 0 Å². The normalized spacial score (nSPS) is 23.7. The van der Waals surface area contributed by atoms with Crippen molar-refractivity contribution in [3.8, 4) is 0 Å². The van der Waals surface area contributed by atoms with Gasteiger partial charge in [0.15, 0.2) is 26.0 Å². The molecule has 0 radical (unpaired) electrons. The first kappa shape index (κ1) is 19.6. The molecular formula is C14H20ClNO6S2. The lowest BCUT2D eigenvalue weighted by molar-refractivity contribution is -0.0995. The lowest BCUT2D eigenvalue weighted by atomic mass is 10.2. The van der Waals surface area contributed by atoms with Crippen molar-refractivity contribution >= 4 is 31.3 Å². The lowest BCUT2D eigenvalue weighted by Gasteiger charge is -2.22. The molecule has 2 rings (SSSR count). The summed E-state index contributed by atoms with van der Waals surface area (Å²) in [6, 6.07) is 4.96. The van der Waals surface area contributed by atoms with Crippen LogP contribution in [0.2, 0.25) is 5.02 Å². The van der Waals surface area contributed by atoms with E-state index in [9.17, 15) is 16.8 Å². The Balaban J connectivity index is 2.25. The summed E-state index contributed by atoms with van der Waals surface area (Å²) in [5.74, 6) is -0.662. The van der Waals surface area contributed by atoms with Crippen LogP contribution in [0, 0.1) is 0 Å². The first-order valence-corrected chi connectivity index (χ1v) is 10.9. The molecule has 7 nitrogen and oxygen atoms in total. The highest BCUT2D eigenvalue weighted by Crippen LogP contribution is 2.26. The first-order valence-electron chi connectivity index (χ1n) is 7.18. The van der Waals surface area contributed by atoms with Gasteiger partial charge in [-0.1, -0.05) is 11.6 Å². The summed E-state index contributed by atoms with van der Waals surface area (Å²) < 4.78 is 59.7. The zero-order valence-electron chi connectivity index (χ0n) is 13.3. The molecule has 0 aliphatic carbocycles. The number of sulfone groups is 2. The van der Waals surface area contributed by atoms with Crippen LogP contribution < -0.4 is 5.32 Å². The second kappa shape index (κ2) is 7.67. The Hall–Kier alpha value is -0.710. The average Bonchev–Trinajstić information content (AvgIpc) is 2.84. The molecule has 0 saturated carbocycles. The maximum atomic E-state index is 12.8. The van der Waals surface area contributed by atoms with Crippen molar-refractivity contribution in [2.75, 3.05) is 32.3 Å². The molecular weight excluding hydrogens is 378 g/mol. The van der Waals surface area contributed by atoms with Crippen LogP contribution in [0.15, 0.2) is 29.2 Å². The molecule has 2 atom stereocenters. The highest BCUT2D eigenvalue weighted by Gasteiger charge is 2.45. The number of benzene rings is 1. The summed E-state index contributed by atoms with van der Waals surface area (Å²) in [6.07, 6.45) is -0.591. The van der Waals surface area contributed by atoms with Gasteiger partial charge < -0.3 is 14.8 Å². The molecule has 10 heteroatoms. The Kier molecular flexibility index (Phi) is 6.27. The molecule has 24 heavy (non-hydrogen) atoms. The van der Waals surface area contributed by atoms with Gasteiger partial charge in [-0.2, -0.15) is 0 Å². The number of hydrogen-bond acceptors (Lipinski definition) is 7. The molecule has 0 unspecified atom stereocenters. The van der Waals surface area contributed by atoms with Crippen LogP contribution in [0.3, 0.4) is 0 Å². The Morgan fingerprint density at radius 2 is 1.79 bits per heavy atom. The molecule has 0 amide bonds. The molecule has 1 aliphatic heterocycles. The van der Waals surface area contributed by atoms with Crippen LogP contribution in [0.4, 0.5) is 0 Å². The van der Waals surface area contributed by atoms with Gasteiger partial charge in [-0.25, -0.2) is 16.8 Å². The van der Waals surface area contributed by atoms with Gasteiger partial charge in [-0.15, -0.1) is 0 Å². The number of methoxy groups -OCH3 is 2. The SMILES string of the molecule is COC(CN[C@@H]1CS(=O)(=O)C[C@H]1S(=O)(=O)c1ccc(Cl)cc1)OC. The summed E-state index contributed by atoms with van der Waals surface area (Å²) in [5, 5.41) is 2.28. The first-order chi connectivity index (χ1) is 11.2. The minimum Gasteiger partial charge on any atom is -0.355 e. The van der Waals surface area contributed by atoms with Gasteiger partial charge in [0, 0.05) is 31.8 Å². The number of rotatable bonds is 7. The fraction of sp³-hybridized carbons (Fsp3) is 0.571. The van der Waals surface area contributed by atoms with E-state index in [1.165, 1.54) is 38.5 Å². The van der Waals surface area contributed by atoms with Gasteiger partial charge in [-0.3, -0.25) is 0 Å². The molecule has 1 aromatic carbocycles. The molecule has 1 aliphatic rings.